The maximum atomic E-state index is 11.6. The molecule has 2 heterocycles. The van der Waals surface area contributed by atoms with E-state index in [9.17, 15) is 4.79 Å². The van der Waals surface area contributed by atoms with Crippen molar-refractivity contribution >= 4 is 17.5 Å². The van der Waals surface area contributed by atoms with E-state index >= 15 is 0 Å². The van der Waals surface area contributed by atoms with Crippen molar-refractivity contribution in [3.8, 4) is 11.4 Å². The van der Waals surface area contributed by atoms with Crippen molar-refractivity contribution in [1.29, 1.82) is 0 Å². The molecule has 0 atom stereocenters. The second-order valence-corrected chi connectivity index (χ2v) is 3.68. The lowest BCUT2D eigenvalue weighted by Crippen LogP contribution is -2.04. The zero-order valence-electron chi connectivity index (χ0n) is 8.76. The predicted molar refractivity (Wildman–Crippen MR) is 56.1 cm³/mol. The topological polar surface area (TPSA) is 78.1 Å². The minimum atomic E-state index is -0.437. The van der Waals surface area contributed by atoms with Crippen molar-refractivity contribution in [2.75, 3.05) is 6.61 Å². The molecule has 16 heavy (non-hydrogen) atoms. The van der Waals surface area contributed by atoms with E-state index in [4.69, 9.17) is 9.15 Å². The summed E-state index contributed by atoms with van der Waals surface area (Å²) in [5.74, 6) is 0.0750. The highest BCUT2D eigenvalue weighted by molar-refractivity contribution is 7.08. The zero-order chi connectivity index (χ0) is 11.5. The van der Waals surface area contributed by atoms with Crippen LogP contribution in [0.3, 0.4) is 0 Å². The number of carbonyl (C=O) groups excluding carboxylic acids is 1. The van der Waals surface area contributed by atoms with Crippen LogP contribution in [0.4, 0.5) is 0 Å². The number of aromatic nitrogens is 3. The summed E-state index contributed by atoms with van der Waals surface area (Å²) in [4.78, 5) is 16.0. The number of rotatable bonds is 3. The molecule has 84 valence electrons. The summed E-state index contributed by atoms with van der Waals surface area (Å²) < 4.78 is 13.7. The summed E-state index contributed by atoms with van der Waals surface area (Å²) >= 11 is 0.984. The number of ether oxygens (including phenoxy) is 1. The Hall–Kier alpha value is -1.76. The Balaban J connectivity index is 2.36. The number of nitrogens with zero attached hydrogens (tertiary/aromatic N) is 3. The minimum Gasteiger partial charge on any atom is -0.462 e. The van der Waals surface area contributed by atoms with Crippen molar-refractivity contribution in [2.45, 2.75) is 13.8 Å². The van der Waals surface area contributed by atoms with E-state index in [0.717, 1.165) is 11.5 Å². The molecule has 0 N–H and O–H groups in total. The monoisotopic (exact) mass is 239 g/mol. The maximum Gasteiger partial charge on any atom is 0.352 e. The number of esters is 1. The number of oxazole rings is 1. The molecule has 0 unspecified atom stereocenters. The largest absolute Gasteiger partial charge is 0.462 e. The Kier molecular flexibility index (Phi) is 2.95. The molecule has 0 bridgehead atoms. The highest BCUT2D eigenvalue weighted by atomic mass is 32.1. The van der Waals surface area contributed by atoms with Gasteiger partial charge in [-0.15, -0.1) is 5.10 Å². The first-order valence-corrected chi connectivity index (χ1v) is 5.41. The fourth-order valence-corrected chi connectivity index (χ4v) is 1.73. The van der Waals surface area contributed by atoms with Gasteiger partial charge in [0.1, 0.15) is 17.7 Å². The van der Waals surface area contributed by atoms with Gasteiger partial charge in [0.05, 0.1) is 6.61 Å². The third-order valence-corrected chi connectivity index (χ3v) is 2.52. The van der Waals surface area contributed by atoms with Gasteiger partial charge in [0.25, 0.3) is 0 Å². The Morgan fingerprint density at radius 2 is 2.44 bits per heavy atom. The lowest BCUT2D eigenvalue weighted by atomic mass is 10.3. The molecule has 0 spiro atoms. The molecule has 0 aromatic carbocycles. The molecule has 6 nitrogen and oxygen atoms in total. The van der Waals surface area contributed by atoms with E-state index in [1.807, 2.05) is 0 Å². The van der Waals surface area contributed by atoms with Crippen LogP contribution < -0.4 is 0 Å². The van der Waals surface area contributed by atoms with Crippen molar-refractivity contribution < 1.29 is 13.9 Å². The third-order valence-electron chi connectivity index (χ3n) is 1.81. The highest BCUT2D eigenvalue weighted by Gasteiger charge is 2.20. The molecule has 2 aromatic heterocycles. The molecule has 0 fully saturated rings. The third kappa shape index (κ3) is 1.94. The highest BCUT2D eigenvalue weighted by Crippen LogP contribution is 2.23. The van der Waals surface area contributed by atoms with Crippen LogP contribution in [0.5, 0.6) is 0 Å². The van der Waals surface area contributed by atoms with Gasteiger partial charge in [-0.1, -0.05) is 4.49 Å². The van der Waals surface area contributed by atoms with Crippen LogP contribution in [0.2, 0.25) is 0 Å². The first kappa shape index (κ1) is 10.7. The number of aryl methyl sites for hydroxylation is 1. The Bertz CT molecular complexity index is 506. The summed E-state index contributed by atoms with van der Waals surface area (Å²) in [5, 5.41) is 3.85. The van der Waals surface area contributed by atoms with Crippen molar-refractivity contribution in [2.24, 2.45) is 0 Å². The molecule has 0 amide bonds. The van der Waals surface area contributed by atoms with Gasteiger partial charge in [-0.2, -0.15) is 0 Å². The molecule has 0 saturated carbocycles. The molecule has 0 radical (unpaired) electrons. The summed E-state index contributed by atoms with van der Waals surface area (Å²) in [6.45, 7) is 3.77. The van der Waals surface area contributed by atoms with Crippen LogP contribution in [0.25, 0.3) is 11.4 Å². The van der Waals surface area contributed by atoms with Crippen LogP contribution in [0, 0.1) is 6.92 Å². The average Bonchev–Trinajstić information content (AvgIpc) is 2.85. The molecule has 2 rings (SSSR count). The predicted octanol–water partition coefficient (Wildman–Crippen LogP) is 1.68. The van der Waals surface area contributed by atoms with E-state index in [0.29, 0.717) is 28.8 Å². The van der Waals surface area contributed by atoms with Gasteiger partial charge in [-0.25, -0.2) is 9.78 Å². The second kappa shape index (κ2) is 4.40. The molecule has 2 aromatic rings. The zero-order valence-corrected chi connectivity index (χ0v) is 9.58. The van der Waals surface area contributed by atoms with Gasteiger partial charge in [0, 0.05) is 6.92 Å². The smallest absolute Gasteiger partial charge is 0.352 e. The molecular formula is C9H9N3O3S. The van der Waals surface area contributed by atoms with Crippen LogP contribution in [-0.4, -0.2) is 27.1 Å². The molecule has 0 saturated heterocycles. The summed E-state index contributed by atoms with van der Waals surface area (Å²) in [5.41, 5.74) is 0.898. The van der Waals surface area contributed by atoms with E-state index in [1.54, 1.807) is 13.8 Å². The number of hydrogen-bond donors (Lipinski definition) is 0. The minimum absolute atomic E-state index is 0.314. The van der Waals surface area contributed by atoms with Crippen molar-refractivity contribution in [3.63, 3.8) is 0 Å². The first-order chi connectivity index (χ1) is 7.72. The van der Waals surface area contributed by atoms with Gasteiger partial charge in [-0.3, -0.25) is 0 Å². The van der Waals surface area contributed by atoms with Crippen molar-refractivity contribution in [1.82, 2.24) is 14.6 Å². The van der Waals surface area contributed by atoms with Crippen LogP contribution in [-0.2, 0) is 4.74 Å². The normalized spacial score (nSPS) is 10.4. The number of carbonyl (C=O) groups is 1. The summed E-state index contributed by atoms with van der Waals surface area (Å²) in [7, 11) is 0. The quantitative estimate of drug-likeness (QED) is 0.758. The molecule has 7 heteroatoms. The molecule has 0 aliphatic heterocycles. The van der Waals surface area contributed by atoms with Gasteiger partial charge >= 0.3 is 5.97 Å². The van der Waals surface area contributed by atoms with Crippen LogP contribution >= 0.6 is 11.5 Å². The second-order valence-electron chi connectivity index (χ2n) is 2.92. The van der Waals surface area contributed by atoms with E-state index in [1.165, 1.54) is 6.26 Å². The average molecular weight is 239 g/mol. The first-order valence-electron chi connectivity index (χ1n) is 4.64. The molecule has 0 aliphatic carbocycles. The standard InChI is InChI=1S/C9H9N3O3S/c1-3-14-9(13)8-7(11-12-16-8)6-4-15-5(2)10-6/h4H,3H2,1-2H3. The fraction of sp³-hybridized carbons (Fsp3) is 0.333. The van der Waals surface area contributed by atoms with Gasteiger partial charge in [-0.05, 0) is 18.5 Å². The number of hydrogen-bond acceptors (Lipinski definition) is 7. The van der Waals surface area contributed by atoms with E-state index < -0.39 is 5.97 Å². The fourth-order valence-electron chi connectivity index (χ4n) is 1.16. The lowest BCUT2D eigenvalue weighted by molar-refractivity contribution is 0.0532. The van der Waals surface area contributed by atoms with Gasteiger partial charge < -0.3 is 9.15 Å². The molecule has 0 aliphatic rings. The van der Waals surface area contributed by atoms with Crippen molar-refractivity contribution in [3.05, 3.63) is 17.0 Å². The Morgan fingerprint density at radius 1 is 1.62 bits per heavy atom. The van der Waals surface area contributed by atoms with E-state index in [2.05, 4.69) is 14.6 Å². The van der Waals surface area contributed by atoms with E-state index in [-0.39, 0.29) is 0 Å². The SMILES string of the molecule is CCOC(=O)c1snnc1-c1coc(C)n1. The van der Waals surface area contributed by atoms with Gasteiger partial charge in [0.15, 0.2) is 10.8 Å². The van der Waals surface area contributed by atoms with Crippen LogP contribution in [0.1, 0.15) is 22.5 Å². The Morgan fingerprint density at radius 3 is 3.06 bits per heavy atom. The summed E-state index contributed by atoms with van der Waals surface area (Å²) in [6, 6.07) is 0. The van der Waals surface area contributed by atoms with Crippen LogP contribution in [0.15, 0.2) is 10.7 Å². The maximum absolute atomic E-state index is 11.6. The lowest BCUT2D eigenvalue weighted by Gasteiger charge is -1.98. The Labute approximate surface area is 95.4 Å². The summed E-state index contributed by atoms with van der Waals surface area (Å²) in [6.07, 6.45) is 1.44. The van der Waals surface area contributed by atoms with Gasteiger partial charge in [0.2, 0.25) is 0 Å². The molecular weight excluding hydrogens is 230 g/mol.